The Morgan fingerprint density at radius 2 is 1.86 bits per heavy atom. The fraction of sp³-hybridized carbons (Fsp3) is 0.429. The van der Waals surface area contributed by atoms with Crippen molar-refractivity contribution in [3.8, 4) is 5.75 Å². The molecule has 0 aromatic heterocycles. The summed E-state index contributed by atoms with van der Waals surface area (Å²) in [6.45, 7) is -0.264. The molecule has 1 fully saturated rings. The first-order valence-corrected chi connectivity index (χ1v) is 9.78. The molecule has 8 heteroatoms. The van der Waals surface area contributed by atoms with Crippen LogP contribution in [0.2, 0.25) is 5.02 Å². The van der Waals surface area contributed by atoms with Gasteiger partial charge in [-0.25, -0.2) is 0 Å². The van der Waals surface area contributed by atoms with Crippen molar-refractivity contribution in [2.75, 3.05) is 13.2 Å². The topological polar surface area (TPSA) is 120 Å². The molecule has 156 valence electrons. The average Bonchev–Trinajstić information content (AvgIpc) is 3.19. The summed E-state index contributed by atoms with van der Waals surface area (Å²) in [5.74, 6) is -1.49. The van der Waals surface area contributed by atoms with Gasteiger partial charge in [0, 0.05) is 11.4 Å². The Morgan fingerprint density at radius 1 is 1.07 bits per heavy atom. The third-order valence-corrected chi connectivity index (χ3v) is 5.92. The van der Waals surface area contributed by atoms with Gasteiger partial charge in [-0.15, -0.1) is 0 Å². The van der Waals surface area contributed by atoms with Crippen molar-refractivity contribution in [2.45, 2.75) is 43.0 Å². The summed E-state index contributed by atoms with van der Waals surface area (Å²) >= 11 is 6.37. The molecule has 0 saturated carbocycles. The van der Waals surface area contributed by atoms with Crippen LogP contribution in [0.3, 0.4) is 0 Å². The van der Waals surface area contributed by atoms with E-state index in [1.807, 2.05) is 12.1 Å². The Bertz CT molecular complexity index is 905. The number of aliphatic hydroxyl groups excluding tert-OH is 4. The van der Waals surface area contributed by atoms with Crippen LogP contribution in [0.25, 0.3) is 0 Å². The highest BCUT2D eigenvalue weighted by molar-refractivity contribution is 6.31. The van der Waals surface area contributed by atoms with Crippen LogP contribution >= 0.6 is 11.6 Å². The molecule has 1 saturated heterocycles. The molecule has 2 aromatic carbocycles. The van der Waals surface area contributed by atoms with Crippen LogP contribution < -0.4 is 4.74 Å². The van der Waals surface area contributed by atoms with Gasteiger partial charge in [0.2, 0.25) is 5.79 Å². The zero-order valence-corrected chi connectivity index (χ0v) is 16.3. The SMILES string of the molecule is OCC1(O)OC(c2ccc(Cl)c(Cc3ccc4c(c3)CCO4)c2)C(O)C(O)C1O. The largest absolute Gasteiger partial charge is 0.493 e. The lowest BCUT2D eigenvalue weighted by atomic mass is 9.88. The van der Waals surface area contributed by atoms with E-state index in [-0.39, 0.29) is 0 Å². The van der Waals surface area contributed by atoms with Crippen LogP contribution in [0.1, 0.15) is 28.4 Å². The van der Waals surface area contributed by atoms with Crippen LogP contribution in [0.15, 0.2) is 36.4 Å². The Balaban J connectivity index is 1.62. The Morgan fingerprint density at radius 3 is 2.62 bits per heavy atom. The number of ether oxygens (including phenoxy) is 2. The summed E-state index contributed by atoms with van der Waals surface area (Å²) in [6, 6.07) is 10.9. The number of aliphatic hydroxyl groups is 5. The van der Waals surface area contributed by atoms with Gasteiger partial charge in [0.1, 0.15) is 30.2 Å². The highest BCUT2D eigenvalue weighted by atomic mass is 35.5. The molecule has 2 aliphatic heterocycles. The van der Waals surface area contributed by atoms with Gasteiger partial charge in [0.15, 0.2) is 0 Å². The molecule has 5 unspecified atom stereocenters. The number of hydrogen-bond acceptors (Lipinski definition) is 7. The van der Waals surface area contributed by atoms with Crippen molar-refractivity contribution in [1.29, 1.82) is 0 Å². The fourth-order valence-electron chi connectivity index (χ4n) is 3.86. The highest BCUT2D eigenvalue weighted by Gasteiger charge is 2.52. The van der Waals surface area contributed by atoms with Gasteiger partial charge >= 0.3 is 0 Å². The van der Waals surface area contributed by atoms with Gasteiger partial charge in [-0.05, 0) is 40.8 Å². The molecule has 0 bridgehead atoms. The number of hydrogen-bond donors (Lipinski definition) is 5. The second-order valence-electron chi connectivity index (χ2n) is 7.54. The number of benzene rings is 2. The van der Waals surface area contributed by atoms with E-state index in [0.717, 1.165) is 28.9 Å². The highest BCUT2D eigenvalue weighted by Crippen LogP contribution is 2.38. The van der Waals surface area contributed by atoms with Gasteiger partial charge in [-0.2, -0.15) is 0 Å². The average molecular weight is 423 g/mol. The maximum Gasteiger partial charge on any atom is 0.219 e. The fourth-order valence-corrected chi connectivity index (χ4v) is 4.05. The van der Waals surface area contributed by atoms with Crippen molar-refractivity contribution in [2.24, 2.45) is 0 Å². The third-order valence-electron chi connectivity index (χ3n) is 5.55. The number of rotatable bonds is 4. The number of halogens is 1. The Kier molecular flexibility index (Phi) is 5.56. The zero-order valence-electron chi connectivity index (χ0n) is 15.5. The molecule has 0 radical (unpaired) electrons. The lowest BCUT2D eigenvalue weighted by Gasteiger charge is -2.45. The van der Waals surface area contributed by atoms with Crippen LogP contribution in [0.5, 0.6) is 5.75 Å². The van der Waals surface area contributed by atoms with Gasteiger partial charge in [-0.3, -0.25) is 0 Å². The molecule has 5 atom stereocenters. The zero-order chi connectivity index (χ0) is 20.8. The first kappa shape index (κ1) is 20.6. The molecule has 5 N–H and O–H groups in total. The monoisotopic (exact) mass is 422 g/mol. The minimum atomic E-state index is -2.39. The minimum absolute atomic E-state index is 0.458. The summed E-state index contributed by atoms with van der Waals surface area (Å²) in [4.78, 5) is 0. The third kappa shape index (κ3) is 3.75. The van der Waals surface area contributed by atoms with Crippen LogP contribution in [0, 0.1) is 0 Å². The molecular formula is C21H23ClO7. The van der Waals surface area contributed by atoms with E-state index in [0.29, 0.717) is 23.6 Å². The molecule has 4 rings (SSSR count). The molecule has 2 aromatic rings. The van der Waals surface area contributed by atoms with Gasteiger partial charge in [0.05, 0.1) is 13.2 Å². The Hall–Kier alpha value is -1.71. The summed E-state index contributed by atoms with van der Waals surface area (Å²) in [5, 5.41) is 50.6. The second kappa shape index (κ2) is 7.85. The molecule has 7 nitrogen and oxygen atoms in total. The molecule has 0 amide bonds. The van der Waals surface area contributed by atoms with Crippen molar-refractivity contribution in [3.63, 3.8) is 0 Å². The minimum Gasteiger partial charge on any atom is -0.493 e. The molecular weight excluding hydrogens is 400 g/mol. The standard InChI is InChI=1S/C21H23ClO7/c22-15-3-2-13(19-17(24)18(25)20(26)21(27,10-23)29-19)9-14(15)8-11-1-4-16-12(7-11)5-6-28-16/h1-4,7,9,17-20,23-27H,5-6,8,10H2. The van der Waals surface area contributed by atoms with E-state index in [4.69, 9.17) is 21.1 Å². The summed E-state index contributed by atoms with van der Waals surface area (Å²) < 4.78 is 10.9. The summed E-state index contributed by atoms with van der Waals surface area (Å²) in [7, 11) is 0. The van der Waals surface area contributed by atoms with Crippen LogP contribution in [-0.4, -0.2) is 62.8 Å². The van der Waals surface area contributed by atoms with Crippen molar-refractivity contribution < 1.29 is 35.0 Å². The lowest BCUT2D eigenvalue weighted by Crippen LogP contribution is -2.63. The maximum absolute atomic E-state index is 10.4. The van der Waals surface area contributed by atoms with E-state index < -0.39 is 36.8 Å². The van der Waals surface area contributed by atoms with Crippen molar-refractivity contribution in [1.82, 2.24) is 0 Å². The van der Waals surface area contributed by atoms with Crippen molar-refractivity contribution >= 4 is 11.6 Å². The summed E-state index contributed by atoms with van der Waals surface area (Å²) in [5.41, 5.74) is 3.41. The van der Waals surface area contributed by atoms with E-state index in [1.165, 1.54) is 0 Å². The normalized spacial score (nSPS) is 31.4. The molecule has 2 aliphatic rings. The summed E-state index contributed by atoms with van der Waals surface area (Å²) in [6.07, 6.45) is -4.81. The first-order valence-electron chi connectivity index (χ1n) is 9.40. The van der Waals surface area contributed by atoms with E-state index in [1.54, 1.807) is 18.2 Å². The second-order valence-corrected chi connectivity index (χ2v) is 7.94. The lowest BCUT2D eigenvalue weighted by molar-refractivity contribution is -0.357. The first-order chi connectivity index (χ1) is 13.8. The van der Waals surface area contributed by atoms with Crippen LogP contribution in [-0.2, 0) is 17.6 Å². The molecule has 0 aliphatic carbocycles. The predicted molar refractivity (Wildman–Crippen MR) is 104 cm³/mol. The van der Waals surface area contributed by atoms with Crippen molar-refractivity contribution in [3.05, 3.63) is 63.7 Å². The van der Waals surface area contributed by atoms with Gasteiger partial charge in [-0.1, -0.05) is 35.9 Å². The van der Waals surface area contributed by atoms with E-state index >= 15 is 0 Å². The predicted octanol–water partition coefficient (Wildman–Crippen LogP) is 0.701. The molecule has 29 heavy (non-hydrogen) atoms. The van der Waals surface area contributed by atoms with Crippen LogP contribution in [0.4, 0.5) is 0 Å². The van der Waals surface area contributed by atoms with E-state index in [9.17, 15) is 25.5 Å². The smallest absolute Gasteiger partial charge is 0.219 e. The maximum atomic E-state index is 10.4. The molecule has 0 spiro atoms. The quantitative estimate of drug-likeness (QED) is 0.492. The van der Waals surface area contributed by atoms with E-state index in [2.05, 4.69) is 6.07 Å². The number of fused-ring (bicyclic) bond motifs is 1. The van der Waals surface area contributed by atoms with Gasteiger partial charge < -0.3 is 35.0 Å². The molecule has 2 heterocycles. The van der Waals surface area contributed by atoms with Gasteiger partial charge in [0.25, 0.3) is 0 Å². The Labute approximate surface area is 172 Å².